The van der Waals surface area contributed by atoms with Crippen LogP contribution in [0.15, 0.2) is 0 Å². The molecular formula is C15H28N2O. The Balaban J connectivity index is 1.92. The lowest BCUT2D eigenvalue weighted by Crippen LogP contribution is -2.51. The van der Waals surface area contributed by atoms with Crippen molar-refractivity contribution in [2.24, 2.45) is 5.41 Å². The van der Waals surface area contributed by atoms with Crippen molar-refractivity contribution in [1.82, 2.24) is 10.2 Å². The highest BCUT2D eigenvalue weighted by Gasteiger charge is 2.31. The molecule has 0 aromatic rings. The number of hydrogen-bond acceptors (Lipinski definition) is 2. The van der Waals surface area contributed by atoms with Gasteiger partial charge in [0.1, 0.15) is 0 Å². The van der Waals surface area contributed by atoms with Crippen molar-refractivity contribution in [3.05, 3.63) is 0 Å². The molecule has 2 fully saturated rings. The standard InChI is InChI=1S/C15H28N2O/c1-12-6-4-7-13(16-12)14(18)17-10-5-8-15(2,3)9-11-17/h12-13,16H,4-11H2,1-3H3. The van der Waals surface area contributed by atoms with Gasteiger partial charge in [-0.1, -0.05) is 13.8 Å². The molecule has 1 N–H and O–H groups in total. The van der Waals surface area contributed by atoms with Gasteiger partial charge in [0.05, 0.1) is 6.04 Å². The van der Waals surface area contributed by atoms with E-state index in [2.05, 4.69) is 31.0 Å². The zero-order valence-electron chi connectivity index (χ0n) is 12.2. The summed E-state index contributed by atoms with van der Waals surface area (Å²) in [6.45, 7) is 8.72. The second kappa shape index (κ2) is 5.60. The number of carbonyl (C=O) groups is 1. The van der Waals surface area contributed by atoms with Gasteiger partial charge in [0.2, 0.25) is 5.91 Å². The van der Waals surface area contributed by atoms with Gasteiger partial charge in [-0.2, -0.15) is 0 Å². The van der Waals surface area contributed by atoms with Crippen LogP contribution in [0.25, 0.3) is 0 Å². The minimum absolute atomic E-state index is 0.0787. The third-order valence-corrected chi connectivity index (χ3v) is 4.57. The number of nitrogens with one attached hydrogen (secondary N) is 1. The smallest absolute Gasteiger partial charge is 0.239 e. The van der Waals surface area contributed by atoms with E-state index in [1.165, 1.54) is 19.3 Å². The average Bonchev–Trinajstić information content (AvgIpc) is 2.49. The second-order valence-electron chi connectivity index (χ2n) is 6.89. The summed E-state index contributed by atoms with van der Waals surface area (Å²) in [5, 5.41) is 3.46. The number of likely N-dealkylation sites (tertiary alicyclic amines) is 1. The molecular weight excluding hydrogens is 224 g/mol. The predicted octanol–water partition coefficient (Wildman–Crippen LogP) is 2.56. The fourth-order valence-electron chi connectivity index (χ4n) is 3.20. The van der Waals surface area contributed by atoms with Gasteiger partial charge in [-0.3, -0.25) is 4.79 Å². The largest absolute Gasteiger partial charge is 0.341 e. The van der Waals surface area contributed by atoms with Crippen LogP contribution in [0.1, 0.15) is 59.3 Å². The van der Waals surface area contributed by atoms with E-state index in [-0.39, 0.29) is 6.04 Å². The molecule has 2 heterocycles. The maximum Gasteiger partial charge on any atom is 0.239 e. The second-order valence-corrected chi connectivity index (χ2v) is 6.89. The monoisotopic (exact) mass is 252 g/mol. The van der Waals surface area contributed by atoms with Gasteiger partial charge in [0.25, 0.3) is 0 Å². The van der Waals surface area contributed by atoms with Crippen LogP contribution >= 0.6 is 0 Å². The molecule has 0 bridgehead atoms. The molecule has 3 nitrogen and oxygen atoms in total. The zero-order chi connectivity index (χ0) is 13.2. The van der Waals surface area contributed by atoms with Gasteiger partial charge in [0, 0.05) is 19.1 Å². The van der Waals surface area contributed by atoms with Crippen molar-refractivity contribution < 1.29 is 4.79 Å². The van der Waals surface area contributed by atoms with Crippen LogP contribution in [0.5, 0.6) is 0 Å². The summed E-state index contributed by atoms with van der Waals surface area (Å²) in [6, 6.07) is 0.575. The topological polar surface area (TPSA) is 32.3 Å². The molecule has 2 rings (SSSR count). The van der Waals surface area contributed by atoms with E-state index in [0.717, 1.165) is 32.4 Å². The van der Waals surface area contributed by atoms with Crippen LogP contribution < -0.4 is 5.32 Å². The van der Waals surface area contributed by atoms with Crippen LogP contribution in [0.2, 0.25) is 0 Å². The van der Waals surface area contributed by atoms with E-state index in [1.54, 1.807) is 0 Å². The quantitative estimate of drug-likeness (QED) is 0.778. The summed E-state index contributed by atoms with van der Waals surface area (Å²) in [5.41, 5.74) is 0.405. The Hall–Kier alpha value is -0.570. The summed E-state index contributed by atoms with van der Waals surface area (Å²) in [5.74, 6) is 0.347. The molecule has 0 aromatic heterocycles. The van der Waals surface area contributed by atoms with Crippen molar-refractivity contribution in [3.8, 4) is 0 Å². The lowest BCUT2D eigenvalue weighted by Gasteiger charge is -2.32. The van der Waals surface area contributed by atoms with Gasteiger partial charge in [-0.05, 0) is 50.9 Å². The first-order valence-electron chi connectivity index (χ1n) is 7.53. The van der Waals surface area contributed by atoms with E-state index < -0.39 is 0 Å². The molecule has 1 amide bonds. The third kappa shape index (κ3) is 3.47. The van der Waals surface area contributed by atoms with Crippen molar-refractivity contribution in [2.75, 3.05) is 13.1 Å². The highest BCUT2D eigenvalue weighted by molar-refractivity contribution is 5.82. The third-order valence-electron chi connectivity index (χ3n) is 4.57. The highest BCUT2D eigenvalue weighted by atomic mass is 16.2. The number of carbonyl (C=O) groups excluding carboxylic acids is 1. The van der Waals surface area contributed by atoms with E-state index in [9.17, 15) is 4.79 Å². The molecule has 2 aliphatic rings. The van der Waals surface area contributed by atoms with Crippen molar-refractivity contribution in [1.29, 1.82) is 0 Å². The molecule has 2 saturated heterocycles. The predicted molar refractivity (Wildman–Crippen MR) is 74.4 cm³/mol. The summed E-state index contributed by atoms with van der Waals surface area (Å²) in [6.07, 6.45) is 6.94. The molecule has 3 heteroatoms. The van der Waals surface area contributed by atoms with E-state index in [1.807, 2.05) is 0 Å². The fourth-order valence-corrected chi connectivity index (χ4v) is 3.20. The Morgan fingerprint density at radius 2 is 1.94 bits per heavy atom. The normalized spacial score (nSPS) is 32.9. The van der Waals surface area contributed by atoms with Gasteiger partial charge >= 0.3 is 0 Å². The zero-order valence-corrected chi connectivity index (χ0v) is 12.2. The summed E-state index contributed by atoms with van der Waals surface area (Å²) in [7, 11) is 0. The molecule has 0 aromatic carbocycles. The average molecular weight is 252 g/mol. The fraction of sp³-hybridized carbons (Fsp3) is 0.933. The van der Waals surface area contributed by atoms with Gasteiger partial charge in [0.15, 0.2) is 0 Å². The van der Waals surface area contributed by atoms with Gasteiger partial charge < -0.3 is 10.2 Å². The maximum atomic E-state index is 12.5. The van der Waals surface area contributed by atoms with Crippen LogP contribution in [0.3, 0.4) is 0 Å². The first kappa shape index (κ1) is 13.9. The van der Waals surface area contributed by atoms with Crippen LogP contribution in [0.4, 0.5) is 0 Å². The lowest BCUT2D eigenvalue weighted by atomic mass is 9.85. The molecule has 2 atom stereocenters. The Morgan fingerprint density at radius 1 is 1.17 bits per heavy atom. The maximum absolute atomic E-state index is 12.5. The van der Waals surface area contributed by atoms with Gasteiger partial charge in [-0.15, -0.1) is 0 Å². The van der Waals surface area contributed by atoms with Crippen molar-refractivity contribution in [3.63, 3.8) is 0 Å². The summed E-state index contributed by atoms with van der Waals surface area (Å²) in [4.78, 5) is 14.6. The number of nitrogens with zero attached hydrogens (tertiary/aromatic N) is 1. The molecule has 0 aliphatic carbocycles. The number of amides is 1. The molecule has 104 valence electrons. The summed E-state index contributed by atoms with van der Waals surface area (Å²) < 4.78 is 0. The molecule has 2 aliphatic heterocycles. The molecule has 18 heavy (non-hydrogen) atoms. The molecule has 2 unspecified atom stereocenters. The number of piperidine rings is 1. The summed E-state index contributed by atoms with van der Waals surface area (Å²) >= 11 is 0. The first-order chi connectivity index (χ1) is 8.48. The molecule has 0 radical (unpaired) electrons. The van der Waals surface area contributed by atoms with Crippen LogP contribution in [-0.2, 0) is 4.79 Å². The minimum atomic E-state index is 0.0787. The van der Waals surface area contributed by atoms with E-state index >= 15 is 0 Å². The Labute approximate surface area is 111 Å². The Morgan fingerprint density at radius 3 is 2.67 bits per heavy atom. The minimum Gasteiger partial charge on any atom is -0.341 e. The number of hydrogen-bond donors (Lipinski definition) is 1. The van der Waals surface area contributed by atoms with Crippen molar-refractivity contribution in [2.45, 2.75) is 71.4 Å². The SMILES string of the molecule is CC1CCCC(C(=O)N2CCCC(C)(C)CC2)N1. The highest BCUT2D eigenvalue weighted by Crippen LogP contribution is 2.30. The lowest BCUT2D eigenvalue weighted by molar-refractivity contribution is -0.134. The van der Waals surface area contributed by atoms with E-state index in [0.29, 0.717) is 17.4 Å². The molecule has 0 saturated carbocycles. The van der Waals surface area contributed by atoms with E-state index in [4.69, 9.17) is 0 Å². The van der Waals surface area contributed by atoms with Gasteiger partial charge in [-0.25, -0.2) is 0 Å². The van der Waals surface area contributed by atoms with Crippen LogP contribution in [0, 0.1) is 5.41 Å². The Kier molecular flexibility index (Phi) is 4.31. The molecule has 0 spiro atoms. The first-order valence-corrected chi connectivity index (χ1v) is 7.53. The van der Waals surface area contributed by atoms with Crippen LogP contribution in [-0.4, -0.2) is 36.0 Å². The Bertz CT molecular complexity index is 301. The number of rotatable bonds is 1. The van der Waals surface area contributed by atoms with Crippen molar-refractivity contribution >= 4 is 5.91 Å².